The molecule has 0 aliphatic carbocycles. The van der Waals surface area contributed by atoms with Crippen LogP contribution in [0.1, 0.15) is 0 Å². The molecule has 0 amide bonds. The highest BCUT2D eigenvalue weighted by molar-refractivity contribution is 8.13. The van der Waals surface area contributed by atoms with Crippen molar-refractivity contribution in [2.75, 3.05) is 6.26 Å². The van der Waals surface area contributed by atoms with Crippen LogP contribution in [0.25, 0.3) is 11.4 Å². The van der Waals surface area contributed by atoms with Gasteiger partial charge in [0, 0.05) is 17.1 Å². The van der Waals surface area contributed by atoms with E-state index in [1.54, 1.807) is 0 Å². The van der Waals surface area contributed by atoms with Crippen molar-refractivity contribution >= 4 is 33.6 Å². The molecular weight excluding hydrogens is 240 g/mol. The Morgan fingerprint density at radius 3 is 2.81 bits per heavy atom. The molecule has 1 aromatic carbocycles. The number of aromatic nitrogens is 2. The molecule has 1 aromatic heterocycles. The summed E-state index contributed by atoms with van der Waals surface area (Å²) in [6.07, 6.45) is 1.87. The SMILES string of the molecule is CS/C(N)=N\c1nc(-c2ccccc2)ns1. The van der Waals surface area contributed by atoms with E-state index >= 15 is 0 Å². The largest absolute Gasteiger partial charge is 0.378 e. The molecule has 2 rings (SSSR count). The molecule has 2 N–H and O–H groups in total. The molecule has 0 fully saturated rings. The molecule has 0 aliphatic heterocycles. The van der Waals surface area contributed by atoms with Gasteiger partial charge in [-0.05, 0) is 6.26 Å². The first-order chi connectivity index (χ1) is 7.79. The number of thioether (sulfide) groups is 1. The Bertz CT molecular complexity index is 493. The lowest BCUT2D eigenvalue weighted by atomic mass is 10.2. The third kappa shape index (κ3) is 2.59. The van der Waals surface area contributed by atoms with Crippen LogP contribution in [0.4, 0.5) is 5.13 Å². The van der Waals surface area contributed by atoms with Crippen molar-refractivity contribution in [1.82, 2.24) is 9.36 Å². The van der Waals surface area contributed by atoms with Crippen LogP contribution >= 0.6 is 23.3 Å². The monoisotopic (exact) mass is 250 g/mol. The molecule has 4 nitrogen and oxygen atoms in total. The van der Waals surface area contributed by atoms with Gasteiger partial charge in [-0.25, -0.2) is 0 Å². The molecule has 16 heavy (non-hydrogen) atoms. The highest BCUT2D eigenvalue weighted by atomic mass is 32.2. The van der Waals surface area contributed by atoms with Crippen LogP contribution in [0.3, 0.4) is 0 Å². The summed E-state index contributed by atoms with van der Waals surface area (Å²) in [6.45, 7) is 0. The predicted octanol–water partition coefficient (Wildman–Crippen LogP) is 2.51. The first-order valence-electron chi connectivity index (χ1n) is 4.57. The Labute approximate surface area is 102 Å². The summed E-state index contributed by atoms with van der Waals surface area (Å²) < 4.78 is 4.23. The second kappa shape index (κ2) is 5.09. The highest BCUT2D eigenvalue weighted by Gasteiger charge is 2.05. The Hall–Kier alpha value is -1.40. The van der Waals surface area contributed by atoms with E-state index in [-0.39, 0.29) is 0 Å². The minimum atomic E-state index is 0.496. The fourth-order valence-electron chi connectivity index (χ4n) is 1.11. The van der Waals surface area contributed by atoms with Crippen LogP contribution in [-0.4, -0.2) is 20.8 Å². The van der Waals surface area contributed by atoms with E-state index in [1.807, 2.05) is 36.6 Å². The van der Waals surface area contributed by atoms with E-state index in [1.165, 1.54) is 23.3 Å². The highest BCUT2D eigenvalue weighted by Crippen LogP contribution is 2.23. The Kier molecular flexibility index (Phi) is 3.53. The molecule has 2 aromatic rings. The maximum Gasteiger partial charge on any atom is 0.231 e. The summed E-state index contributed by atoms with van der Waals surface area (Å²) in [5.74, 6) is 0.693. The summed E-state index contributed by atoms with van der Waals surface area (Å²) in [5, 5.41) is 1.08. The molecule has 0 radical (unpaired) electrons. The van der Waals surface area contributed by atoms with Gasteiger partial charge in [0.25, 0.3) is 0 Å². The molecule has 0 saturated heterocycles. The molecule has 0 aliphatic rings. The summed E-state index contributed by atoms with van der Waals surface area (Å²) in [4.78, 5) is 8.42. The summed E-state index contributed by atoms with van der Waals surface area (Å²) >= 11 is 2.64. The molecule has 0 atom stereocenters. The molecule has 82 valence electrons. The normalized spacial score (nSPS) is 11.7. The molecule has 0 unspecified atom stereocenters. The standard InChI is InChI=1S/C10H10N4S2/c1-15-9(11)13-10-12-8(14-16-10)7-5-3-2-4-6-7/h2-6H,1H3,(H2,11,12,13,14). The first-order valence-corrected chi connectivity index (χ1v) is 6.56. The maximum atomic E-state index is 5.60. The number of hydrogen-bond donors (Lipinski definition) is 1. The topological polar surface area (TPSA) is 64.2 Å². The minimum absolute atomic E-state index is 0.496. The predicted molar refractivity (Wildman–Crippen MR) is 70.1 cm³/mol. The lowest BCUT2D eigenvalue weighted by molar-refractivity contribution is 1.30. The van der Waals surface area contributed by atoms with E-state index < -0.39 is 0 Å². The fraction of sp³-hybridized carbons (Fsp3) is 0.100. The average Bonchev–Trinajstić information content (AvgIpc) is 2.78. The average molecular weight is 250 g/mol. The minimum Gasteiger partial charge on any atom is -0.378 e. The Balaban J connectivity index is 2.27. The number of nitrogens with two attached hydrogens (primary N) is 1. The third-order valence-corrected chi connectivity index (χ3v) is 2.98. The summed E-state index contributed by atoms with van der Waals surface area (Å²) in [6, 6.07) is 9.80. The van der Waals surface area contributed by atoms with Gasteiger partial charge < -0.3 is 5.73 Å². The zero-order valence-corrected chi connectivity index (χ0v) is 10.3. The van der Waals surface area contributed by atoms with Crippen molar-refractivity contribution in [3.63, 3.8) is 0 Å². The van der Waals surface area contributed by atoms with Crippen LogP contribution in [0.5, 0.6) is 0 Å². The number of nitrogens with zero attached hydrogens (tertiary/aromatic N) is 3. The second-order valence-electron chi connectivity index (χ2n) is 2.92. The van der Waals surface area contributed by atoms with Gasteiger partial charge in [0.05, 0.1) is 0 Å². The Morgan fingerprint density at radius 2 is 2.12 bits per heavy atom. The molecule has 6 heteroatoms. The number of amidine groups is 1. The third-order valence-electron chi connectivity index (χ3n) is 1.86. The van der Waals surface area contributed by atoms with Crippen LogP contribution in [0, 0.1) is 0 Å². The van der Waals surface area contributed by atoms with Gasteiger partial charge in [-0.3, -0.25) is 0 Å². The van der Waals surface area contributed by atoms with Crippen molar-refractivity contribution in [3.8, 4) is 11.4 Å². The van der Waals surface area contributed by atoms with Crippen molar-refractivity contribution in [3.05, 3.63) is 30.3 Å². The second-order valence-corrected chi connectivity index (χ2v) is 4.48. The van der Waals surface area contributed by atoms with E-state index in [0.29, 0.717) is 16.1 Å². The number of aliphatic imine (C=N–C) groups is 1. The van der Waals surface area contributed by atoms with E-state index in [4.69, 9.17) is 5.73 Å². The van der Waals surface area contributed by atoms with Crippen LogP contribution in [0.15, 0.2) is 35.3 Å². The van der Waals surface area contributed by atoms with Gasteiger partial charge in [-0.2, -0.15) is 14.3 Å². The lowest BCUT2D eigenvalue weighted by Crippen LogP contribution is -2.03. The summed E-state index contributed by atoms with van der Waals surface area (Å²) in [5.41, 5.74) is 6.59. The molecule has 0 saturated carbocycles. The van der Waals surface area contributed by atoms with Gasteiger partial charge in [0.1, 0.15) is 0 Å². The zero-order chi connectivity index (χ0) is 11.4. The van der Waals surface area contributed by atoms with E-state index in [9.17, 15) is 0 Å². The quantitative estimate of drug-likeness (QED) is 0.657. The molecule has 0 spiro atoms. The van der Waals surface area contributed by atoms with E-state index in [0.717, 1.165) is 5.56 Å². The van der Waals surface area contributed by atoms with Crippen molar-refractivity contribution in [2.24, 2.45) is 10.7 Å². The lowest BCUT2D eigenvalue weighted by Gasteiger charge is -1.92. The van der Waals surface area contributed by atoms with Crippen molar-refractivity contribution in [2.45, 2.75) is 0 Å². The maximum absolute atomic E-state index is 5.60. The molecular formula is C10H10N4S2. The van der Waals surface area contributed by atoms with Gasteiger partial charge in [0.2, 0.25) is 5.13 Å². The Morgan fingerprint density at radius 1 is 1.38 bits per heavy atom. The van der Waals surface area contributed by atoms with Crippen LogP contribution < -0.4 is 5.73 Å². The van der Waals surface area contributed by atoms with Gasteiger partial charge in [-0.1, -0.05) is 42.1 Å². The van der Waals surface area contributed by atoms with Crippen molar-refractivity contribution < 1.29 is 0 Å². The fourth-order valence-corrected chi connectivity index (χ4v) is 1.92. The van der Waals surface area contributed by atoms with Gasteiger partial charge in [-0.15, -0.1) is 0 Å². The van der Waals surface area contributed by atoms with Crippen LogP contribution in [-0.2, 0) is 0 Å². The van der Waals surface area contributed by atoms with Crippen LogP contribution in [0.2, 0.25) is 0 Å². The zero-order valence-electron chi connectivity index (χ0n) is 8.62. The summed E-state index contributed by atoms with van der Waals surface area (Å²) in [7, 11) is 0. The number of rotatable bonds is 2. The molecule has 1 heterocycles. The van der Waals surface area contributed by atoms with Crippen molar-refractivity contribution in [1.29, 1.82) is 0 Å². The first kappa shape index (κ1) is 11.1. The molecule has 0 bridgehead atoms. The van der Waals surface area contributed by atoms with Gasteiger partial charge >= 0.3 is 0 Å². The smallest absolute Gasteiger partial charge is 0.231 e. The number of hydrogen-bond acceptors (Lipinski definition) is 5. The number of benzene rings is 1. The van der Waals surface area contributed by atoms with Gasteiger partial charge in [0.15, 0.2) is 11.0 Å². The van der Waals surface area contributed by atoms with E-state index in [2.05, 4.69) is 14.3 Å².